The zero-order chi connectivity index (χ0) is 15.1. The SMILES string of the molecule is CC(C)Cc1cccc(CCC(=O)Oc2cc[c]cc2)c1. The van der Waals surface area contributed by atoms with E-state index in [0.717, 1.165) is 6.42 Å². The Balaban J connectivity index is 1.86. The molecule has 1 radical (unpaired) electrons. The summed E-state index contributed by atoms with van der Waals surface area (Å²) >= 11 is 0. The van der Waals surface area contributed by atoms with Gasteiger partial charge in [-0.05, 0) is 48.1 Å². The maximum absolute atomic E-state index is 11.8. The fraction of sp³-hybridized carbons (Fsp3) is 0.316. The predicted octanol–water partition coefficient (Wildman–Crippen LogP) is 4.22. The number of carbonyl (C=O) groups excluding carboxylic acids is 1. The molecular weight excluding hydrogens is 260 g/mol. The van der Waals surface area contributed by atoms with Crippen LogP contribution in [0.25, 0.3) is 0 Å². The van der Waals surface area contributed by atoms with Gasteiger partial charge in [0.15, 0.2) is 0 Å². The van der Waals surface area contributed by atoms with Crippen molar-refractivity contribution in [3.05, 3.63) is 65.7 Å². The highest BCUT2D eigenvalue weighted by Crippen LogP contribution is 2.13. The minimum Gasteiger partial charge on any atom is -0.427 e. The minimum atomic E-state index is -0.199. The number of hydrogen-bond donors (Lipinski definition) is 0. The van der Waals surface area contributed by atoms with Gasteiger partial charge >= 0.3 is 5.97 Å². The standard InChI is InChI=1S/C19H21O2/c1-15(2)13-17-8-6-7-16(14-17)11-12-19(20)21-18-9-4-3-5-10-18/h4-10,14-15H,11-13H2,1-2H3. The maximum atomic E-state index is 11.8. The molecule has 0 heterocycles. The van der Waals surface area contributed by atoms with E-state index in [0.29, 0.717) is 24.5 Å². The summed E-state index contributed by atoms with van der Waals surface area (Å²) in [6.07, 6.45) is 2.17. The largest absolute Gasteiger partial charge is 0.427 e. The molecule has 0 N–H and O–H groups in total. The van der Waals surface area contributed by atoms with E-state index in [4.69, 9.17) is 4.74 Å². The number of aryl methyl sites for hydroxylation is 1. The van der Waals surface area contributed by atoms with E-state index < -0.39 is 0 Å². The number of esters is 1. The monoisotopic (exact) mass is 281 g/mol. The van der Waals surface area contributed by atoms with Gasteiger partial charge in [-0.2, -0.15) is 0 Å². The van der Waals surface area contributed by atoms with Gasteiger partial charge in [-0.1, -0.05) is 50.2 Å². The van der Waals surface area contributed by atoms with Crippen LogP contribution >= 0.6 is 0 Å². The van der Waals surface area contributed by atoms with Crippen LogP contribution in [0.1, 0.15) is 31.4 Å². The van der Waals surface area contributed by atoms with E-state index in [9.17, 15) is 4.79 Å². The maximum Gasteiger partial charge on any atom is 0.311 e. The summed E-state index contributed by atoms with van der Waals surface area (Å²) in [5, 5.41) is 0. The first-order valence-electron chi connectivity index (χ1n) is 7.38. The highest BCUT2D eigenvalue weighted by molar-refractivity contribution is 5.72. The highest BCUT2D eigenvalue weighted by Gasteiger charge is 2.06. The van der Waals surface area contributed by atoms with Crippen molar-refractivity contribution < 1.29 is 9.53 Å². The van der Waals surface area contributed by atoms with Crippen molar-refractivity contribution in [1.82, 2.24) is 0 Å². The van der Waals surface area contributed by atoms with E-state index in [2.05, 4.69) is 44.2 Å². The number of hydrogen-bond acceptors (Lipinski definition) is 2. The second kappa shape index (κ2) is 7.63. The third-order valence-corrected chi connectivity index (χ3v) is 3.17. The lowest BCUT2D eigenvalue weighted by molar-refractivity contribution is -0.134. The lowest BCUT2D eigenvalue weighted by Gasteiger charge is -2.08. The molecule has 2 heteroatoms. The van der Waals surface area contributed by atoms with E-state index in [1.54, 1.807) is 24.3 Å². The second-order valence-corrected chi connectivity index (χ2v) is 5.63. The molecule has 0 aliphatic rings. The number of benzene rings is 2. The molecule has 2 aromatic carbocycles. The van der Waals surface area contributed by atoms with Crippen LogP contribution in [-0.2, 0) is 17.6 Å². The van der Waals surface area contributed by atoms with Crippen molar-refractivity contribution in [2.24, 2.45) is 5.92 Å². The van der Waals surface area contributed by atoms with Gasteiger partial charge in [0.1, 0.15) is 5.75 Å². The smallest absolute Gasteiger partial charge is 0.311 e. The summed E-state index contributed by atoms with van der Waals surface area (Å²) in [4.78, 5) is 11.8. The normalized spacial score (nSPS) is 10.6. The number of ether oxygens (including phenoxy) is 1. The molecular formula is C19H21O2. The van der Waals surface area contributed by atoms with E-state index in [-0.39, 0.29) is 5.97 Å². The molecule has 0 aliphatic carbocycles. The number of carbonyl (C=O) groups is 1. The van der Waals surface area contributed by atoms with Gasteiger partial charge in [0.05, 0.1) is 0 Å². The third kappa shape index (κ3) is 5.42. The van der Waals surface area contributed by atoms with Crippen molar-refractivity contribution in [3.63, 3.8) is 0 Å². The zero-order valence-electron chi connectivity index (χ0n) is 12.6. The Kier molecular flexibility index (Phi) is 5.56. The summed E-state index contributed by atoms with van der Waals surface area (Å²) in [6.45, 7) is 4.42. The van der Waals surface area contributed by atoms with Gasteiger partial charge in [-0.25, -0.2) is 0 Å². The summed E-state index contributed by atoms with van der Waals surface area (Å²) in [7, 11) is 0. The molecule has 0 aromatic heterocycles. The molecule has 0 amide bonds. The van der Waals surface area contributed by atoms with Crippen LogP contribution in [0.15, 0.2) is 48.5 Å². The molecule has 0 bridgehead atoms. The molecule has 2 nitrogen and oxygen atoms in total. The summed E-state index contributed by atoms with van der Waals surface area (Å²) in [6, 6.07) is 18.3. The molecule has 2 aromatic rings. The zero-order valence-corrected chi connectivity index (χ0v) is 12.6. The van der Waals surface area contributed by atoms with Crippen molar-refractivity contribution >= 4 is 5.97 Å². The molecule has 0 atom stereocenters. The second-order valence-electron chi connectivity index (χ2n) is 5.63. The summed E-state index contributed by atoms with van der Waals surface area (Å²) in [5.41, 5.74) is 2.51. The first-order chi connectivity index (χ1) is 10.1. The first kappa shape index (κ1) is 15.3. The minimum absolute atomic E-state index is 0.199. The van der Waals surface area contributed by atoms with Crippen molar-refractivity contribution in [2.45, 2.75) is 33.1 Å². The lowest BCUT2D eigenvalue weighted by Crippen LogP contribution is -2.09. The van der Waals surface area contributed by atoms with E-state index in [1.165, 1.54) is 11.1 Å². The van der Waals surface area contributed by atoms with E-state index in [1.807, 2.05) is 0 Å². The highest BCUT2D eigenvalue weighted by atomic mass is 16.5. The molecule has 0 saturated carbocycles. The van der Waals surface area contributed by atoms with Gasteiger partial charge in [0.2, 0.25) is 0 Å². The quantitative estimate of drug-likeness (QED) is 0.585. The molecule has 0 fully saturated rings. The molecule has 0 aliphatic heterocycles. The van der Waals surface area contributed by atoms with Crippen LogP contribution in [0, 0.1) is 12.0 Å². The van der Waals surface area contributed by atoms with Crippen LogP contribution in [0.5, 0.6) is 5.75 Å². The Morgan fingerprint density at radius 1 is 1.14 bits per heavy atom. The number of rotatable bonds is 6. The summed E-state index contributed by atoms with van der Waals surface area (Å²) in [5.74, 6) is 1.02. The van der Waals surface area contributed by atoms with Gasteiger partial charge < -0.3 is 4.74 Å². The van der Waals surface area contributed by atoms with Gasteiger partial charge in [-0.3, -0.25) is 4.79 Å². The van der Waals surface area contributed by atoms with E-state index >= 15 is 0 Å². The van der Waals surface area contributed by atoms with Crippen molar-refractivity contribution in [3.8, 4) is 5.75 Å². The fourth-order valence-electron chi connectivity index (χ4n) is 2.25. The summed E-state index contributed by atoms with van der Waals surface area (Å²) < 4.78 is 5.27. The molecule has 21 heavy (non-hydrogen) atoms. The third-order valence-electron chi connectivity index (χ3n) is 3.17. The Morgan fingerprint density at radius 3 is 2.57 bits per heavy atom. The van der Waals surface area contributed by atoms with Gasteiger partial charge in [0.25, 0.3) is 0 Å². The Bertz CT molecular complexity index is 573. The average Bonchev–Trinajstić information content (AvgIpc) is 2.46. The Hall–Kier alpha value is -2.09. The van der Waals surface area contributed by atoms with Gasteiger partial charge in [0, 0.05) is 6.42 Å². The molecule has 109 valence electrons. The average molecular weight is 281 g/mol. The van der Waals surface area contributed by atoms with Crippen LogP contribution in [0.4, 0.5) is 0 Å². The predicted molar refractivity (Wildman–Crippen MR) is 84.2 cm³/mol. The molecule has 0 saturated heterocycles. The molecule has 0 unspecified atom stereocenters. The first-order valence-corrected chi connectivity index (χ1v) is 7.38. The Labute approximate surface area is 126 Å². The van der Waals surface area contributed by atoms with Crippen molar-refractivity contribution in [2.75, 3.05) is 0 Å². The lowest BCUT2D eigenvalue weighted by atomic mass is 9.99. The molecule has 2 rings (SSSR count). The van der Waals surface area contributed by atoms with Crippen LogP contribution in [0.2, 0.25) is 0 Å². The van der Waals surface area contributed by atoms with Crippen LogP contribution in [0.3, 0.4) is 0 Å². The fourth-order valence-corrected chi connectivity index (χ4v) is 2.25. The van der Waals surface area contributed by atoms with Crippen LogP contribution < -0.4 is 4.74 Å². The van der Waals surface area contributed by atoms with Crippen LogP contribution in [-0.4, -0.2) is 5.97 Å². The molecule has 0 spiro atoms. The topological polar surface area (TPSA) is 26.3 Å². The Morgan fingerprint density at radius 2 is 1.86 bits per heavy atom. The van der Waals surface area contributed by atoms with Crippen molar-refractivity contribution in [1.29, 1.82) is 0 Å². The van der Waals surface area contributed by atoms with Gasteiger partial charge in [-0.15, -0.1) is 0 Å².